The van der Waals surface area contributed by atoms with Crippen molar-refractivity contribution in [3.63, 3.8) is 0 Å². The molecule has 1 aliphatic rings. The van der Waals surface area contributed by atoms with E-state index in [4.69, 9.17) is 11.6 Å². The van der Waals surface area contributed by atoms with Crippen LogP contribution in [0.3, 0.4) is 0 Å². The fraction of sp³-hybridized carbons (Fsp3) is 0.278. The topological polar surface area (TPSA) is 59.8 Å². The average molecular weight is 373 g/mol. The number of hydrogen-bond donors (Lipinski definition) is 1. The molecule has 0 spiro atoms. The van der Waals surface area contributed by atoms with Crippen LogP contribution in [-0.2, 0) is 19.5 Å². The molecule has 0 fully saturated rings. The predicted octanol–water partition coefficient (Wildman–Crippen LogP) is 3.93. The molecule has 3 heterocycles. The van der Waals surface area contributed by atoms with Crippen molar-refractivity contribution in [1.29, 1.82) is 0 Å². The molecular formula is C18H17ClN4OS. The molecule has 0 bridgehead atoms. The van der Waals surface area contributed by atoms with E-state index in [9.17, 15) is 4.79 Å². The molecular weight excluding hydrogens is 356 g/mol. The minimum Gasteiger partial charge on any atom is -0.345 e. The Morgan fingerprint density at radius 2 is 2.24 bits per heavy atom. The van der Waals surface area contributed by atoms with Crippen LogP contribution in [-0.4, -0.2) is 20.4 Å². The predicted molar refractivity (Wildman–Crippen MR) is 98.9 cm³/mol. The minimum absolute atomic E-state index is 0.185. The summed E-state index contributed by atoms with van der Waals surface area (Å²) in [6.45, 7) is 1.44. The molecule has 0 unspecified atom stereocenters. The van der Waals surface area contributed by atoms with Gasteiger partial charge in [0.2, 0.25) is 0 Å². The summed E-state index contributed by atoms with van der Waals surface area (Å²) >= 11 is 7.45. The molecule has 0 saturated carbocycles. The van der Waals surface area contributed by atoms with E-state index < -0.39 is 0 Å². The Morgan fingerprint density at radius 3 is 3.08 bits per heavy atom. The number of imidazole rings is 1. The number of hydrogen-bond acceptors (Lipinski definition) is 4. The van der Waals surface area contributed by atoms with E-state index in [0.717, 1.165) is 35.1 Å². The van der Waals surface area contributed by atoms with Gasteiger partial charge >= 0.3 is 0 Å². The van der Waals surface area contributed by atoms with E-state index in [1.165, 1.54) is 24.2 Å². The molecule has 1 aromatic carbocycles. The summed E-state index contributed by atoms with van der Waals surface area (Å²) in [6.07, 6.45) is 5.43. The molecule has 0 saturated heterocycles. The van der Waals surface area contributed by atoms with Crippen molar-refractivity contribution in [1.82, 2.24) is 19.9 Å². The largest absolute Gasteiger partial charge is 0.345 e. The second kappa shape index (κ2) is 6.98. The smallest absolute Gasteiger partial charge is 0.271 e. The van der Waals surface area contributed by atoms with Gasteiger partial charge in [0.25, 0.3) is 5.91 Å². The number of nitrogens with one attached hydrogen (secondary N) is 1. The lowest BCUT2D eigenvalue weighted by Gasteiger charge is -2.11. The fourth-order valence-corrected chi connectivity index (χ4v) is 3.94. The molecule has 4 rings (SSSR count). The van der Waals surface area contributed by atoms with Gasteiger partial charge in [-0.2, -0.15) is 0 Å². The van der Waals surface area contributed by atoms with Gasteiger partial charge < -0.3 is 9.88 Å². The summed E-state index contributed by atoms with van der Waals surface area (Å²) in [7, 11) is 0. The van der Waals surface area contributed by atoms with Crippen LogP contribution in [0, 0.1) is 0 Å². The third-order valence-corrected chi connectivity index (χ3v) is 5.32. The molecule has 25 heavy (non-hydrogen) atoms. The highest BCUT2D eigenvalue weighted by atomic mass is 35.5. The van der Waals surface area contributed by atoms with E-state index in [-0.39, 0.29) is 5.91 Å². The average Bonchev–Trinajstić information content (AvgIpc) is 3.26. The van der Waals surface area contributed by atoms with Gasteiger partial charge in [0, 0.05) is 35.1 Å². The van der Waals surface area contributed by atoms with Gasteiger partial charge in [0.15, 0.2) is 0 Å². The second-order valence-electron chi connectivity index (χ2n) is 6.03. The van der Waals surface area contributed by atoms with Crippen molar-refractivity contribution in [3.8, 4) is 10.6 Å². The van der Waals surface area contributed by atoms with Gasteiger partial charge in [-0.15, -0.1) is 11.3 Å². The van der Waals surface area contributed by atoms with Crippen molar-refractivity contribution in [2.24, 2.45) is 0 Å². The molecule has 1 N–H and O–H groups in total. The maximum Gasteiger partial charge on any atom is 0.271 e. The molecule has 0 aliphatic carbocycles. The summed E-state index contributed by atoms with van der Waals surface area (Å²) in [4.78, 5) is 21.4. The van der Waals surface area contributed by atoms with Crippen LogP contribution in [0.15, 0.2) is 35.8 Å². The maximum absolute atomic E-state index is 12.3. The standard InChI is InChI=1S/C18H17ClN4OS/c19-13-5-3-4-12(8-13)18-22-15(11-25-18)17(24)20-9-14-10-23-7-2-1-6-16(23)21-14/h3-5,8,10-11H,1-2,6-7,9H2,(H,20,24). The number of fused-ring (bicyclic) bond motifs is 1. The van der Waals surface area contributed by atoms with E-state index in [0.29, 0.717) is 17.3 Å². The molecule has 3 aromatic rings. The number of benzene rings is 1. The zero-order chi connectivity index (χ0) is 17.2. The van der Waals surface area contributed by atoms with Gasteiger partial charge in [-0.3, -0.25) is 4.79 Å². The van der Waals surface area contributed by atoms with E-state index in [1.54, 1.807) is 5.38 Å². The third-order valence-electron chi connectivity index (χ3n) is 4.20. The summed E-state index contributed by atoms with van der Waals surface area (Å²) < 4.78 is 2.19. The molecule has 5 nitrogen and oxygen atoms in total. The Hall–Kier alpha value is -2.18. The first-order valence-corrected chi connectivity index (χ1v) is 9.49. The van der Waals surface area contributed by atoms with Crippen LogP contribution < -0.4 is 5.32 Å². The molecule has 128 valence electrons. The lowest BCUT2D eigenvalue weighted by Crippen LogP contribution is -2.23. The van der Waals surface area contributed by atoms with Crippen LogP contribution >= 0.6 is 22.9 Å². The summed E-state index contributed by atoms with van der Waals surface area (Å²) in [5.74, 6) is 0.933. The molecule has 7 heteroatoms. The fourth-order valence-electron chi connectivity index (χ4n) is 2.95. The third kappa shape index (κ3) is 3.60. The van der Waals surface area contributed by atoms with Crippen LogP contribution in [0.1, 0.15) is 34.8 Å². The van der Waals surface area contributed by atoms with E-state index >= 15 is 0 Å². The van der Waals surface area contributed by atoms with E-state index in [1.807, 2.05) is 30.5 Å². The maximum atomic E-state index is 12.3. The van der Waals surface area contributed by atoms with Crippen molar-refractivity contribution < 1.29 is 4.79 Å². The lowest BCUT2D eigenvalue weighted by molar-refractivity contribution is 0.0946. The summed E-state index contributed by atoms with van der Waals surface area (Å²) in [5.41, 5.74) is 2.23. The number of aryl methyl sites for hydroxylation is 2. The van der Waals surface area contributed by atoms with Crippen molar-refractivity contribution in [2.75, 3.05) is 0 Å². The number of halogens is 1. The van der Waals surface area contributed by atoms with E-state index in [2.05, 4.69) is 19.9 Å². The highest BCUT2D eigenvalue weighted by molar-refractivity contribution is 7.13. The van der Waals surface area contributed by atoms with Crippen LogP contribution in [0.4, 0.5) is 0 Å². The number of thiazole rings is 1. The molecule has 0 atom stereocenters. The number of amides is 1. The Balaban J connectivity index is 1.42. The first-order chi connectivity index (χ1) is 12.2. The van der Waals surface area contributed by atoms with Gasteiger partial charge in [0.1, 0.15) is 16.5 Å². The first kappa shape index (κ1) is 16.3. The molecule has 2 aromatic heterocycles. The number of rotatable bonds is 4. The number of carbonyl (C=O) groups excluding carboxylic acids is 1. The quantitative estimate of drug-likeness (QED) is 0.754. The summed E-state index contributed by atoms with van der Waals surface area (Å²) in [5, 5.41) is 6.11. The van der Waals surface area contributed by atoms with Crippen molar-refractivity contribution >= 4 is 28.8 Å². The Morgan fingerprint density at radius 1 is 1.32 bits per heavy atom. The Kier molecular flexibility index (Phi) is 4.55. The van der Waals surface area contributed by atoms with Crippen molar-refractivity contribution in [2.45, 2.75) is 32.4 Å². The Labute approximate surface area is 154 Å². The highest BCUT2D eigenvalue weighted by Gasteiger charge is 2.15. The Bertz CT molecular complexity index is 894. The normalized spacial score (nSPS) is 13.5. The highest BCUT2D eigenvalue weighted by Crippen LogP contribution is 2.26. The first-order valence-electron chi connectivity index (χ1n) is 8.23. The van der Waals surface area contributed by atoms with Crippen LogP contribution in [0.2, 0.25) is 5.02 Å². The zero-order valence-electron chi connectivity index (χ0n) is 13.5. The van der Waals surface area contributed by atoms with Gasteiger partial charge in [-0.05, 0) is 25.0 Å². The number of aromatic nitrogens is 3. The lowest BCUT2D eigenvalue weighted by atomic mass is 10.2. The molecule has 0 radical (unpaired) electrons. The van der Waals surface area contributed by atoms with Crippen molar-refractivity contribution in [3.05, 3.63) is 58.1 Å². The van der Waals surface area contributed by atoms with Gasteiger partial charge in [-0.25, -0.2) is 9.97 Å². The van der Waals surface area contributed by atoms with Crippen LogP contribution in [0.25, 0.3) is 10.6 Å². The number of carbonyl (C=O) groups is 1. The minimum atomic E-state index is -0.185. The number of nitrogens with zero attached hydrogens (tertiary/aromatic N) is 3. The molecule has 1 amide bonds. The second-order valence-corrected chi connectivity index (χ2v) is 7.32. The molecule has 1 aliphatic heterocycles. The van der Waals surface area contributed by atoms with Gasteiger partial charge in [0.05, 0.1) is 12.2 Å². The zero-order valence-corrected chi connectivity index (χ0v) is 15.1. The summed E-state index contributed by atoms with van der Waals surface area (Å²) in [6, 6.07) is 7.47. The monoisotopic (exact) mass is 372 g/mol. The van der Waals surface area contributed by atoms with Gasteiger partial charge in [-0.1, -0.05) is 23.7 Å². The SMILES string of the molecule is O=C(NCc1cn2c(n1)CCCC2)c1csc(-c2cccc(Cl)c2)n1. The van der Waals surface area contributed by atoms with Crippen LogP contribution in [0.5, 0.6) is 0 Å².